The van der Waals surface area contributed by atoms with Crippen LogP contribution in [0.4, 0.5) is 0 Å². The molecule has 0 saturated heterocycles. The number of hydrogen-bond donors (Lipinski definition) is 1. The summed E-state index contributed by atoms with van der Waals surface area (Å²) in [7, 11) is 0. The average Bonchev–Trinajstić information content (AvgIpc) is 1.63. The van der Waals surface area contributed by atoms with Crippen LogP contribution in [-0.4, -0.2) is 28.0 Å². The molecule has 0 radical (unpaired) electrons. The number of hydrogen-bond acceptors (Lipinski definition) is 2. The Bertz CT molecular complexity index is 147. The molecule has 1 N–H and O–H groups in total. The van der Waals surface area contributed by atoms with Crippen molar-refractivity contribution in [2.45, 2.75) is 19.4 Å². The summed E-state index contributed by atoms with van der Waals surface area (Å²) in [6.45, 7) is 1.49. The Morgan fingerprint density at radius 2 is 2.56 bits per heavy atom. The number of aliphatic hydroxyl groups excluding tert-OH is 1. The molecule has 0 fully saturated rings. The standard InChI is InChI=1S/C5H8N2O2/c1-4(8)2-5(9)3-7-6/h3-4,8H,2H2,1H3/t4-/m0/s1. The van der Waals surface area contributed by atoms with Gasteiger partial charge in [-0.3, -0.25) is 4.79 Å². The normalized spacial score (nSPS) is 11.8. The first-order valence-electron chi connectivity index (χ1n) is 2.55. The quantitative estimate of drug-likeness (QED) is 0.320. The summed E-state index contributed by atoms with van der Waals surface area (Å²) in [5.41, 5.74) is 7.82. The van der Waals surface area contributed by atoms with Gasteiger partial charge in [-0.05, 0) is 6.92 Å². The molecule has 0 rings (SSSR count). The fourth-order valence-electron chi connectivity index (χ4n) is 0.408. The molecule has 0 amide bonds. The smallest absolute Gasteiger partial charge is 0.323 e. The van der Waals surface area contributed by atoms with Crippen LogP contribution in [0.25, 0.3) is 5.53 Å². The lowest BCUT2D eigenvalue weighted by Gasteiger charge is -1.93. The molecule has 0 aliphatic rings. The van der Waals surface area contributed by atoms with Crippen molar-refractivity contribution in [3.8, 4) is 0 Å². The summed E-state index contributed by atoms with van der Waals surface area (Å²) in [6, 6.07) is 0. The van der Waals surface area contributed by atoms with Crippen molar-refractivity contribution < 1.29 is 14.7 Å². The van der Waals surface area contributed by atoms with Gasteiger partial charge in [-0.2, -0.15) is 4.79 Å². The third-order valence-corrected chi connectivity index (χ3v) is 0.698. The number of carbonyl (C=O) groups is 1. The second kappa shape index (κ2) is 3.95. The zero-order valence-electron chi connectivity index (χ0n) is 5.11. The van der Waals surface area contributed by atoms with Crippen LogP contribution in [0.3, 0.4) is 0 Å². The summed E-state index contributed by atoms with van der Waals surface area (Å²) in [5.74, 6) is -0.382. The topological polar surface area (TPSA) is 73.7 Å². The Morgan fingerprint density at radius 1 is 2.00 bits per heavy atom. The zero-order chi connectivity index (χ0) is 7.28. The number of Topliss-reactive ketones (excluding diaryl/α,β-unsaturated/α-hetero) is 1. The van der Waals surface area contributed by atoms with Crippen molar-refractivity contribution in [3.63, 3.8) is 0 Å². The summed E-state index contributed by atoms with van der Waals surface area (Å²) < 4.78 is 0. The molecule has 0 saturated carbocycles. The van der Waals surface area contributed by atoms with Crippen molar-refractivity contribution >= 4 is 12.0 Å². The highest BCUT2D eigenvalue weighted by atomic mass is 16.3. The molecular weight excluding hydrogens is 120 g/mol. The van der Waals surface area contributed by atoms with Crippen molar-refractivity contribution in [3.05, 3.63) is 5.53 Å². The Hall–Kier alpha value is -0.990. The molecule has 0 aliphatic carbocycles. The van der Waals surface area contributed by atoms with Crippen LogP contribution in [0.1, 0.15) is 13.3 Å². The number of ketones is 1. The van der Waals surface area contributed by atoms with Crippen molar-refractivity contribution in [1.29, 1.82) is 0 Å². The molecule has 0 aromatic carbocycles. The van der Waals surface area contributed by atoms with Crippen molar-refractivity contribution in [2.24, 2.45) is 0 Å². The van der Waals surface area contributed by atoms with E-state index in [-0.39, 0.29) is 12.2 Å². The Balaban J connectivity index is 3.64. The number of nitrogens with zero attached hydrogens (tertiary/aromatic N) is 2. The summed E-state index contributed by atoms with van der Waals surface area (Å²) in [6.07, 6.45) is 0.104. The Morgan fingerprint density at radius 3 is 2.89 bits per heavy atom. The number of aliphatic hydroxyl groups is 1. The van der Waals surface area contributed by atoms with E-state index in [0.717, 1.165) is 6.21 Å². The first-order valence-corrected chi connectivity index (χ1v) is 2.55. The second-order valence-electron chi connectivity index (χ2n) is 1.76. The van der Waals surface area contributed by atoms with E-state index >= 15 is 0 Å². The van der Waals surface area contributed by atoms with Gasteiger partial charge in [-0.1, -0.05) is 0 Å². The summed E-state index contributed by atoms with van der Waals surface area (Å²) in [4.78, 5) is 12.9. The second-order valence-corrected chi connectivity index (χ2v) is 1.76. The summed E-state index contributed by atoms with van der Waals surface area (Å²) in [5, 5.41) is 8.59. The minimum absolute atomic E-state index is 0.00403. The molecule has 50 valence electrons. The van der Waals surface area contributed by atoms with Gasteiger partial charge in [0.2, 0.25) is 5.78 Å². The van der Waals surface area contributed by atoms with Gasteiger partial charge in [0, 0.05) is 6.42 Å². The number of rotatable bonds is 3. The average molecular weight is 128 g/mol. The molecule has 0 unspecified atom stereocenters. The predicted molar refractivity (Wildman–Crippen MR) is 31.0 cm³/mol. The fourth-order valence-corrected chi connectivity index (χ4v) is 0.408. The van der Waals surface area contributed by atoms with Crippen LogP contribution in [0.15, 0.2) is 0 Å². The third kappa shape index (κ3) is 4.87. The predicted octanol–water partition coefficient (Wildman–Crippen LogP) is -0.373. The molecule has 4 heteroatoms. The largest absolute Gasteiger partial charge is 0.393 e. The molecule has 0 aromatic rings. The van der Waals surface area contributed by atoms with Crippen LogP contribution in [-0.2, 0) is 4.79 Å². The van der Waals surface area contributed by atoms with E-state index in [2.05, 4.69) is 4.79 Å². The zero-order valence-corrected chi connectivity index (χ0v) is 5.11. The SMILES string of the molecule is C[C@H](O)CC(=O)C=[N+]=[N-]. The van der Waals surface area contributed by atoms with Gasteiger partial charge < -0.3 is 10.6 Å². The monoisotopic (exact) mass is 128 g/mol. The van der Waals surface area contributed by atoms with Gasteiger partial charge >= 0.3 is 6.21 Å². The lowest BCUT2D eigenvalue weighted by atomic mass is 10.2. The Labute approximate surface area is 52.7 Å². The van der Waals surface area contributed by atoms with Crippen LogP contribution in [0.2, 0.25) is 0 Å². The highest BCUT2D eigenvalue weighted by molar-refractivity contribution is 6.25. The molecule has 4 nitrogen and oxygen atoms in total. The first-order chi connectivity index (χ1) is 4.16. The van der Waals surface area contributed by atoms with Crippen LogP contribution < -0.4 is 0 Å². The maximum Gasteiger partial charge on any atom is 0.323 e. The molecular formula is C5H8N2O2. The minimum atomic E-state index is -0.671. The van der Waals surface area contributed by atoms with Gasteiger partial charge in [-0.15, -0.1) is 0 Å². The lowest BCUT2D eigenvalue weighted by molar-refractivity contribution is -0.117. The summed E-state index contributed by atoms with van der Waals surface area (Å²) >= 11 is 0. The molecule has 0 heterocycles. The molecule has 0 spiro atoms. The lowest BCUT2D eigenvalue weighted by Crippen LogP contribution is -2.10. The first kappa shape index (κ1) is 8.01. The maximum atomic E-state index is 10.4. The van der Waals surface area contributed by atoms with Crippen LogP contribution >= 0.6 is 0 Å². The van der Waals surface area contributed by atoms with Gasteiger partial charge in [-0.25, -0.2) is 0 Å². The molecule has 9 heavy (non-hydrogen) atoms. The van der Waals surface area contributed by atoms with Gasteiger partial charge in [0.05, 0.1) is 6.10 Å². The molecule has 0 aliphatic heterocycles. The minimum Gasteiger partial charge on any atom is -0.393 e. The van der Waals surface area contributed by atoms with Gasteiger partial charge in [0.15, 0.2) is 0 Å². The van der Waals surface area contributed by atoms with Crippen molar-refractivity contribution in [2.75, 3.05) is 0 Å². The van der Waals surface area contributed by atoms with Crippen LogP contribution in [0, 0.1) is 0 Å². The maximum absolute atomic E-state index is 10.4. The van der Waals surface area contributed by atoms with E-state index in [9.17, 15) is 4.79 Å². The molecule has 1 atom stereocenters. The van der Waals surface area contributed by atoms with E-state index in [0.29, 0.717) is 0 Å². The van der Waals surface area contributed by atoms with E-state index in [1.165, 1.54) is 6.92 Å². The highest BCUT2D eigenvalue weighted by Gasteiger charge is 2.05. The van der Waals surface area contributed by atoms with Gasteiger partial charge in [0.25, 0.3) is 0 Å². The number of carbonyl (C=O) groups excluding carboxylic acids is 1. The van der Waals surface area contributed by atoms with E-state index < -0.39 is 6.10 Å². The fraction of sp³-hybridized carbons (Fsp3) is 0.600. The van der Waals surface area contributed by atoms with E-state index in [1.54, 1.807) is 0 Å². The molecule has 0 bridgehead atoms. The Kier molecular flexibility index (Phi) is 3.51. The van der Waals surface area contributed by atoms with Crippen LogP contribution in [0.5, 0.6) is 0 Å². The third-order valence-electron chi connectivity index (χ3n) is 0.698. The molecule has 0 aromatic heterocycles. The van der Waals surface area contributed by atoms with Gasteiger partial charge in [0.1, 0.15) is 0 Å². The highest BCUT2D eigenvalue weighted by Crippen LogP contribution is 1.86. The van der Waals surface area contributed by atoms with E-state index in [4.69, 9.17) is 10.6 Å². The van der Waals surface area contributed by atoms with E-state index in [1.807, 2.05) is 0 Å². The van der Waals surface area contributed by atoms with Crippen molar-refractivity contribution in [1.82, 2.24) is 0 Å².